The summed E-state index contributed by atoms with van der Waals surface area (Å²) in [4.78, 5) is 21.6. The van der Waals surface area contributed by atoms with Gasteiger partial charge in [-0.25, -0.2) is 4.68 Å². The number of aromatic amines is 1. The van der Waals surface area contributed by atoms with Crippen LogP contribution in [-0.2, 0) is 0 Å². The average Bonchev–Trinajstić information content (AvgIpc) is 3.45. The van der Waals surface area contributed by atoms with Crippen molar-refractivity contribution in [2.24, 2.45) is 0 Å². The average molecular weight is 528 g/mol. The Balaban J connectivity index is 1.39. The Kier molecular flexibility index (Phi) is 7.08. The van der Waals surface area contributed by atoms with E-state index >= 15 is 0 Å². The molecule has 2 fully saturated rings. The van der Waals surface area contributed by atoms with Gasteiger partial charge < -0.3 is 14.6 Å². The molecular weight excluding hydrogens is 490 g/mol. The smallest absolute Gasteiger partial charge is 0.253 e. The Bertz CT molecular complexity index is 1510. The highest BCUT2D eigenvalue weighted by Gasteiger charge is 2.34. The van der Waals surface area contributed by atoms with Crippen molar-refractivity contribution in [1.82, 2.24) is 30.1 Å². The minimum absolute atomic E-state index is 0.104. The van der Waals surface area contributed by atoms with Gasteiger partial charge in [-0.1, -0.05) is 31.4 Å². The summed E-state index contributed by atoms with van der Waals surface area (Å²) in [5.41, 5.74) is 5.19. The second kappa shape index (κ2) is 10.8. The van der Waals surface area contributed by atoms with Crippen LogP contribution in [0.5, 0.6) is 5.75 Å². The van der Waals surface area contributed by atoms with E-state index in [2.05, 4.69) is 62.4 Å². The van der Waals surface area contributed by atoms with Crippen molar-refractivity contribution >= 4 is 16.6 Å². The first kappa shape index (κ1) is 25.6. The van der Waals surface area contributed by atoms with E-state index in [1.807, 2.05) is 28.9 Å². The van der Waals surface area contributed by atoms with Gasteiger partial charge in [-0.2, -0.15) is 0 Å². The molecule has 1 N–H and O–H groups in total. The first-order valence-electron chi connectivity index (χ1n) is 14.1. The number of nitrogens with zero attached hydrogens (tertiary/aromatic N) is 6. The van der Waals surface area contributed by atoms with Crippen LogP contribution >= 0.6 is 0 Å². The van der Waals surface area contributed by atoms with Crippen molar-refractivity contribution in [2.75, 3.05) is 38.2 Å². The molecule has 1 saturated heterocycles. The quantitative estimate of drug-likeness (QED) is 0.393. The molecule has 1 aliphatic heterocycles. The maximum absolute atomic E-state index is 13.6. The minimum atomic E-state index is -0.345. The SMILES string of the molecule is COc1ccc2[nH]c(=O)c([C@@H](c3nnnn3C3CCCCC3)N3CCN(c4cc(C)ccc4C)CC3)cc2c1. The van der Waals surface area contributed by atoms with Crippen LogP contribution in [0.2, 0.25) is 0 Å². The van der Waals surface area contributed by atoms with Gasteiger partial charge in [-0.05, 0) is 78.6 Å². The fourth-order valence-electron chi connectivity index (χ4n) is 6.28. The molecule has 0 spiro atoms. The molecule has 1 aliphatic carbocycles. The normalized spacial score (nSPS) is 18.0. The number of methoxy groups -OCH3 is 1. The lowest BCUT2D eigenvalue weighted by Crippen LogP contribution is -2.49. The number of rotatable bonds is 6. The summed E-state index contributed by atoms with van der Waals surface area (Å²) >= 11 is 0. The van der Waals surface area contributed by atoms with E-state index in [9.17, 15) is 4.79 Å². The van der Waals surface area contributed by atoms with Gasteiger partial charge in [0, 0.05) is 48.3 Å². The van der Waals surface area contributed by atoms with Crippen LogP contribution in [0.1, 0.15) is 66.7 Å². The van der Waals surface area contributed by atoms with E-state index in [4.69, 9.17) is 4.74 Å². The summed E-state index contributed by atoms with van der Waals surface area (Å²) in [5, 5.41) is 14.1. The first-order chi connectivity index (χ1) is 19.0. The molecule has 0 unspecified atom stereocenters. The molecule has 4 aromatic rings. The number of aryl methyl sites for hydroxylation is 2. The number of hydrogen-bond acceptors (Lipinski definition) is 7. The standard InChI is InChI=1S/C30H37N7O2/c1-20-9-10-21(2)27(17-20)35-13-15-36(16-14-35)28(29-32-33-34-37(29)23-7-5-4-6-8-23)25-19-22-18-24(39-3)11-12-26(22)31-30(25)38/h9-12,17-19,23,28H,4-8,13-16H2,1-3H3,(H,31,38)/t28-/m0/s1. The zero-order valence-corrected chi connectivity index (χ0v) is 23.1. The van der Waals surface area contributed by atoms with E-state index in [-0.39, 0.29) is 17.6 Å². The van der Waals surface area contributed by atoms with Gasteiger partial charge in [-0.15, -0.1) is 5.10 Å². The highest BCUT2D eigenvalue weighted by atomic mass is 16.5. The van der Waals surface area contributed by atoms with Crippen LogP contribution in [0.25, 0.3) is 10.9 Å². The first-order valence-corrected chi connectivity index (χ1v) is 14.1. The number of aromatic nitrogens is 5. The number of nitrogens with one attached hydrogen (secondary N) is 1. The minimum Gasteiger partial charge on any atom is -0.497 e. The number of H-pyrrole nitrogens is 1. The number of anilines is 1. The molecule has 6 rings (SSSR count). The number of pyridine rings is 1. The fourth-order valence-corrected chi connectivity index (χ4v) is 6.28. The Morgan fingerprint density at radius 1 is 0.974 bits per heavy atom. The van der Waals surface area contributed by atoms with E-state index in [1.54, 1.807) is 7.11 Å². The summed E-state index contributed by atoms with van der Waals surface area (Å²) < 4.78 is 7.48. The van der Waals surface area contributed by atoms with E-state index < -0.39 is 0 Å². The lowest BCUT2D eigenvalue weighted by Gasteiger charge is -2.40. The third kappa shape index (κ3) is 5.03. The molecule has 204 valence electrons. The number of fused-ring (bicyclic) bond motifs is 1. The zero-order chi connectivity index (χ0) is 26.9. The largest absolute Gasteiger partial charge is 0.497 e. The molecule has 0 bridgehead atoms. The van der Waals surface area contributed by atoms with Crippen LogP contribution in [-0.4, -0.2) is 63.4 Å². The maximum Gasteiger partial charge on any atom is 0.253 e. The van der Waals surface area contributed by atoms with E-state index in [0.29, 0.717) is 5.56 Å². The van der Waals surface area contributed by atoms with Crippen molar-refractivity contribution < 1.29 is 4.74 Å². The Hall–Kier alpha value is -3.72. The monoisotopic (exact) mass is 527 g/mol. The van der Waals surface area contributed by atoms with Crippen molar-refractivity contribution in [1.29, 1.82) is 0 Å². The highest BCUT2D eigenvalue weighted by Crippen LogP contribution is 2.34. The molecule has 1 saturated carbocycles. The number of benzene rings is 2. The summed E-state index contributed by atoms with van der Waals surface area (Å²) in [6.45, 7) is 7.64. The summed E-state index contributed by atoms with van der Waals surface area (Å²) in [7, 11) is 1.66. The second-order valence-electron chi connectivity index (χ2n) is 11.0. The summed E-state index contributed by atoms with van der Waals surface area (Å²) in [5.74, 6) is 1.51. The third-order valence-electron chi connectivity index (χ3n) is 8.44. The van der Waals surface area contributed by atoms with Gasteiger partial charge in [0.25, 0.3) is 5.56 Å². The molecule has 0 radical (unpaired) electrons. The highest BCUT2D eigenvalue weighted by molar-refractivity contribution is 5.80. The number of hydrogen-bond donors (Lipinski definition) is 1. The van der Waals surface area contributed by atoms with Gasteiger partial charge >= 0.3 is 0 Å². The predicted octanol–water partition coefficient (Wildman–Crippen LogP) is 4.56. The third-order valence-corrected chi connectivity index (χ3v) is 8.44. The lowest BCUT2D eigenvalue weighted by molar-refractivity contribution is 0.192. The Morgan fingerprint density at radius 3 is 2.54 bits per heavy atom. The van der Waals surface area contributed by atoms with E-state index in [1.165, 1.54) is 36.1 Å². The molecule has 1 atom stereocenters. The predicted molar refractivity (Wildman–Crippen MR) is 153 cm³/mol. The Morgan fingerprint density at radius 2 is 1.77 bits per heavy atom. The van der Waals surface area contributed by atoms with Gasteiger partial charge in [0.2, 0.25) is 0 Å². The maximum atomic E-state index is 13.6. The molecule has 39 heavy (non-hydrogen) atoms. The molecule has 2 aliphatic rings. The van der Waals surface area contributed by atoms with Crippen LogP contribution in [0, 0.1) is 13.8 Å². The molecule has 2 aromatic heterocycles. The van der Waals surface area contributed by atoms with Crippen molar-refractivity contribution in [3.05, 3.63) is 75.3 Å². The van der Waals surface area contributed by atoms with Crippen LogP contribution < -0.4 is 15.2 Å². The van der Waals surface area contributed by atoms with Crippen molar-refractivity contribution in [3.63, 3.8) is 0 Å². The number of piperazine rings is 1. The van der Waals surface area contributed by atoms with Gasteiger partial charge in [-0.3, -0.25) is 9.69 Å². The number of tetrazole rings is 1. The number of ether oxygens (including phenoxy) is 1. The molecule has 9 heteroatoms. The van der Waals surface area contributed by atoms with Gasteiger partial charge in [0.05, 0.1) is 13.2 Å². The van der Waals surface area contributed by atoms with Gasteiger partial charge in [0.1, 0.15) is 11.8 Å². The molecule has 2 aromatic carbocycles. The second-order valence-corrected chi connectivity index (χ2v) is 11.0. The van der Waals surface area contributed by atoms with E-state index in [0.717, 1.165) is 61.5 Å². The summed E-state index contributed by atoms with van der Waals surface area (Å²) in [6, 6.07) is 14.3. The summed E-state index contributed by atoms with van der Waals surface area (Å²) in [6.07, 6.45) is 5.75. The van der Waals surface area contributed by atoms with Crippen molar-refractivity contribution in [3.8, 4) is 5.75 Å². The fraction of sp³-hybridized carbons (Fsp3) is 0.467. The molecular formula is C30H37N7O2. The van der Waals surface area contributed by atoms with Crippen LogP contribution in [0.15, 0.2) is 47.3 Å². The molecule has 9 nitrogen and oxygen atoms in total. The zero-order valence-electron chi connectivity index (χ0n) is 23.1. The van der Waals surface area contributed by atoms with Gasteiger partial charge in [0.15, 0.2) is 5.82 Å². The molecule has 0 amide bonds. The van der Waals surface area contributed by atoms with Crippen LogP contribution in [0.3, 0.4) is 0 Å². The Labute approximate surface area is 228 Å². The van der Waals surface area contributed by atoms with Crippen LogP contribution in [0.4, 0.5) is 5.69 Å². The van der Waals surface area contributed by atoms with Crippen molar-refractivity contribution in [2.45, 2.75) is 58.0 Å². The lowest BCUT2D eigenvalue weighted by atomic mass is 9.95. The molecule has 3 heterocycles. The topological polar surface area (TPSA) is 92.2 Å².